The number of aryl methyl sites for hydroxylation is 1. The van der Waals surface area contributed by atoms with Crippen molar-refractivity contribution in [3.8, 4) is 17.1 Å². The van der Waals surface area contributed by atoms with Crippen LogP contribution in [0.3, 0.4) is 0 Å². The van der Waals surface area contributed by atoms with Crippen LogP contribution in [0.5, 0.6) is 5.75 Å². The van der Waals surface area contributed by atoms with Gasteiger partial charge < -0.3 is 4.74 Å². The number of rotatable bonds is 17. The Morgan fingerprint density at radius 1 is 0.839 bits per heavy atom. The average Bonchev–Trinajstić information content (AvgIpc) is 2.79. The fourth-order valence-electron chi connectivity index (χ4n) is 3.75. The molecule has 0 saturated carbocycles. The number of ether oxygens (including phenoxy) is 1. The Morgan fingerprint density at radius 3 is 2.13 bits per heavy atom. The molecular weight excluding hydrogens is 404 g/mol. The molecule has 3 nitrogen and oxygen atoms in total. The van der Waals surface area contributed by atoms with Crippen LogP contribution in [0.4, 0.5) is 0 Å². The van der Waals surface area contributed by atoms with Gasteiger partial charge in [0.2, 0.25) is 0 Å². The maximum atomic E-state index is 5.86. The zero-order valence-electron chi connectivity index (χ0n) is 19.6. The molecule has 1 atom stereocenters. The lowest BCUT2D eigenvalue weighted by Crippen LogP contribution is -2.02. The molecule has 2 rings (SSSR count). The zero-order valence-corrected chi connectivity index (χ0v) is 20.4. The summed E-state index contributed by atoms with van der Waals surface area (Å²) in [7, 11) is 0. The molecule has 1 aromatic carbocycles. The molecule has 0 bridgehead atoms. The lowest BCUT2D eigenvalue weighted by atomic mass is 10.0. The Bertz CT molecular complexity index is 687. The van der Waals surface area contributed by atoms with Crippen LogP contribution >= 0.6 is 11.6 Å². The molecule has 0 aliphatic heterocycles. The summed E-state index contributed by atoms with van der Waals surface area (Å²) in [4.78, 5) is 9.15. The summed E-state index contributed by atoms with van der Waals surface area (Å²) in [5, 5.41) is 0. The zero-order chi connectivity index (χ0) is 22.2. The second kappa shape index (κ2) is 16.1. The van der Waals surface area contributed by atoms with Crippen LogP contribution in [0.15, 0.2) is 36.7 Å². The van der Waals surface area contributed by atoms with Crippen molar-refractivity contribution in [2.45, 2.75) is 90.9 Å². The first-order valence-electron chi connectivity index (χ1n) is 12.3. The molecule has 0 amide bonds. The molecule has 0 aliphatic carbocycles. The van der Waals surface area contributed by atoms with Gasteiger partial charge in [0.15, 0.2) is 5.82 Å². The van der Waals surface area contributed by atoms with E-state index in [0.29, 0.717) is 5.92 Å². The van der Waals surface area contributed by atoms with Crippen molar-refractivity contribution < 1.29 is 4.74 Å². The highest BCUT2D eigenvalue weighted by molar-refractivity contribution is 6.17. The average molecular weight is 445 g/mol. The van der Waals surface area contributed by atoms with Crippen LogP contribution < -0.4 is 4.74 Å². The normalized spacial score (nSPS) is 12.1. The summed E-state index contributed by atoms with van der Waals surface area (Å²) in [6.45, 7) is 5.26. The van der Waals surface area contributed by atoms with Gasteiger partial charge in [-0.3, -0.25) is 0 Å². The molecule has 0 unspecified atom stereocenters. The van der Waals surface area contributed by atoms with Crippen molar-refractivity contribution >= 4 is 11.6 Å². The second-order valence-electron chi connectivity index (χ2n) is 8.74. The van der Waals surface area contributed by atoms with Crippen LogP contribution in [-0.4, -0.2) is 22.5 Å². The van der Waals surface area contributed by atoms with Crippen LogP contribution in [-0.2, 0) is 6.42 Å². The first-order chi connectivity index (χ1) is 15.2. The molecule has 1 aromatic heterocycles. The lowest BCUT2D eigenvalue weighted by molar-refractivity contribution is 0.294. The number of alkyl halides is 1. The van der Waals surface area contributed by atoms with E-state index >= 15 is 0 Å². The first kappa shape index (κ1) is 25.6. The quantitative estimate of drug-likeness (QED) is 0.182. The van der Waals surface area contributed by atoms with E-state index in [1.165, 1.54) is 56.9 Å². The third-order valence-corrected chi connectivity index (χ3v) is 6.07. The Kier molecular flexibility index (Phi) is 13.3. The predicted molar refractivity (Wildman–Crippen MR) is 133 cm³/mol. The van der Waals surface area contributed by atoms with Crippen molar-refractivity contribution in [1.29, 1.82) is 0 Å². The fraction of sp³-hybridized carbons (Fsp3) is 0.630. The maximum Gasteiger partial charge on any atom is 0.159 e. The van der Waals surface area contributed by atoms with Gasteiger partial charge >= 0.3 is 0 Å². The minimum absolute atomic E-state index is 0.666. The van der Waals surface area contributed by atoms with Gasteiger partial charge in [0.05, 0.1) is 6.61 Å². The highest BCUT2D eigenvalue weighted by Crippen LogP contribution is 2.20. The monoisotopic (exact) mass is 444 g/mol. The Labute approximate surface area is 195 Å². The van der Waals surface area contributed by atoms with Gasteiger partial charge in [0.25, 0.3) is 0 Å². The number of aromatic nitrogens is 2. The molecular formula is C27H41ClN2O. The summed E-state index contributed by atoms with van der Waals surface area (Å²) in [6.07, 6.45) is 19.1. The highest BCUT2D eigenvalue weighted by atomic mass is 35.5. The van der Waals surface area contributed by atoms with Gasteiger partial charge in [-0.05, 0) is 67.9 Å². The van der Waals surface area contributed by atoms with E-state index in [-0.39, 0.29) is 0 Å². The number of unbranched alkanes of at least 4 members (excludes halogenated alkanes) is 7. The number of hydrogen-bond acceptors (Lipinski definition) is 3. The van der Waals surface area contributed by atoms with Gasteiger partial charge in [-0.2, -0.15) is 0 Å². The lowest BCUT2D eigenvalue weighted by Gasteiger charge is -2.10. The third kappa shape index (κ3) is 11.0. The van der Waals surface area contributed by atoms with E-state index in [4.69, 9.17) is 16.3 Å². The van der Waals surface area contributed by atoms with Crippen molar-refractivity contribution in [2.75, 3.05) is 12.5 Å². The summed E-state index contributed by atoms with van der Waals surface area (Å²) >= 11 is 5.79. The smallest absolute Gasteiger partial charge is 0.159 e. The van der Waals surface area contributed by atoms with Gasteiger partial charge in [-0.15, -0.1) is 11.6 Å². The molecule has 0 aliphatic rings. The molecule has 0 N–H and O–H groups in total. The molecule has 0 saturated heterocycles. The number of nitrogens with zero attached hydrogens (tertiary/aromatic N) is 2. The van der Waals surface area contributed by atoms with Crippen molar-refractivity contribution in [1.82, 2.24) is 9.97 Å². The van der Waals surface area contributed by atoms with Crippen molar-refractivity contribution in [3.05, 3.63) is 42.2 Å². The molecule has 2 aromatic rings. The molecule has 1 heterocycles. The molecule has 31 heavy (non-hydrogen) atoms. The van der Waals surface area contributed by atoms with Gasteiger partial charge in [0.1, 0.15) is 5.75 Å². The Balaban J connectivity index is 1.66. The van der Waals surface area contributed by atoms with Crippen LogP contribution in [0.2, 0.25) is 0 Å². The molecule has 0 radical (unpaired) electrons. The fourth-order valence-corrected chi connectivity index (χ4v) is 4.12. The molecule has 4 heteroatoms. The van der Waals surface area contributed by atoms with Crippen LogP contribution in [0, 0.1) is 5.92 Å². The Hall–Kier alpha value is -1.61. The summed E-state index contributed by atoms with van der Waals surface area (Å²) < 4.78 is 5.86. The number of halogens is 1. The SMILES string of the molecule is CCCCCCCCCCc1cnc(-c2ccc(OCCC[C@@H](C)CCCl)cc2)nc1. The first-order valence-corrected chi connectivity index (χ1v) is 12.9. The van der Waals surface area contributed by atoms with E-state index in [9.17, 15) is 0 Å². The number of benzene rings is 1. The largest absolute Gasteiger partial charge is 0.494 e. The van der Waals surface area contributed by atoms with Gasteiger partial charge in [-0.25, -0.2) is 9.97 Å². The maximum absolute atomic E-state index is 5.86. The third-order valence-electron chi connectivity index (χ3n) is 5.85. The molecule has 0 spiro atoms. The van der Waals surface area contributed by atoms with Crippen LogP contribution in [0.25, 0.3) is 11.4 Å². The molecule has 0 fully saturated rings. The summed E-state index contributed by atoms with van der Waals surface area (Å²) in [6, 6.07) is 8.10. The highest BCUT2D eigenvalue weighted by Gasteiger charge is 2.04. The van der Waals surface area contributed by atoms with E-state index < -0.39 is 0 Å². The predicted octanol–water partition coefficient (Wildman–Crippen LogP) is 8.25. The van der Waals surface area contributed by atoms with Gasteiger partial charge in [-0.1, -0.05) is 58.8 Å². The summed E-state index contributed by atoms with van der Waals surface area (Å²) in [5.74, 6) is 3.09. The van der Waals surface area contributed by atoms with E-state index in [2.05, 4.69) is 23.8 Å². The Morgan fingerprint density at radius 2 is 1.48 bits per heavy atom. The molecule has 172 valence electrons. The van der Waals surface area contributed by atoms with Crippen molar-refractivity contribution in [3.63, 3.8) is 0 Å². The minimum atomic E-state index is 0.666. The standard InChI is InChI=1S/C27H41ClN2O/c1-3-4-5-6-7-8-9-10-13-24-21-29-27(30-22-24)25-14-16-26(17-15-25)31-20-11-12-23(2)18-19-28/h14-17,21-23H,3-13,18-20H2,1-2H3/t23-/m1/s1. The van der Waals surface area contributed by atoms with Gasteiger partial charge in [0, 0.05) is 23.8 Å². The minimum Gasteiger partial charge on any atom is -0.494 e. The topological polar surface area (TPSA) is 35.0 Å². The number of hydrogen-bond donors (Lipinski definition) is 0. The van der Waals surface area contributed by atoms with E-state index in [1.54, 1.807) is 0 Å². The van der Waals surface area contributed by atoms with Crippen LogP contribution in [0.1, 0.15) is 90.0 Å². The summed E-state index contributed by atoms with van der Waals surface area (Å²) in [5.41, 5.74) is 2.26. The van der Waals surface area contributed by atoms with E-state index in [0.717, 1.165) is 55.3 Å². The second-order valence-corrected chi connectivity index (χ2v) is 9.12. The van der Waals surface area contributed by atoms with Crippen molar-refractivity contribution in [2.24, 2.45) is 5.92 Å². The van der Waals surface area contributed by atoms with E-state index in [1.807, 2.05) is 36.7 Å².